The molecular formula is C12H22N2O2. The lowest BCUT2D eigenvalue weighted by Crippen LogP contribution is -2.43. The van der Waals surface area contributed by atoms with Crippen molar-refractivity contribution in [2.24, 2.45) is 0 Å². The smallest absolute Gasteiger partial charge is 0.309 e. The molecule has 16 heavy (non-hydrogen) atoms. The summed E-state index contributed by atoms with van der Waals surface area (Å²) in [6, 6.07) is 0.217. The van der Waals surface area contributed by atoms with Gasteiger partial charge in [-0.15, -0.1) is 0 Å². The van der Waals surface area contributed by atoms with Crippen LogP contribution in [0, 0.1) is 0 Å². The minimum Gasteiger partial charge on any atom is -0.348 e. The van der Waals surface area contributed by atoms with E-state index in [0.717, 1.165) is 44.9 Å². The molecule has 4 heteroatoms. The lowest BCUT2D eigenvalue weighted by molar-refractivity contribution is -0.139. The molecule has 0 unspecified atom stereocenters. The number of rotatable bonds is 5. The predicted molar refractivity (Wildman–Crippen MR) is 62.9 cm³/mol. The lowest BCUT2D eigenvalue weighted by atomic mass is 10.2. The summed E-state index contributed by atoms with van der Waals surface area (Å²) in [6.45, 7) is 2.71. The number of hydrogen-bond donors (Lipinski definition) is 2. The van der Waals surface area contributed by atoms with Gasteiger partial charge >= 0.3 is 11.8 Å². The first-order valence-electron chi connectivity index (χ1n) is 6.32. The van der Waals surface area contributed by atoms with Crippen LogP contribution in [0.2, 0.25) is 0 Å². The summed E-state index contributed by atoms with van der Waals surface area (Å²) in [5.41, 5.74) is 0. The topological polar surface area (TPSA) is 58.2 Å². The van der Waals surface area contributed by atoms with Gasteiger partial charge in [-0.1, -0.05) is 32.6 Å². The van der Waals surface area contributed by atoms with Crippen LogP contribution in [0.4, 0.5) is 0 Å². The van der Waals surface area contributed by atoms with Crippen LogP contribution in [0.3, 0.4) is 0 Å². The Morgan fingerprint density at radius 1 is 1.12 bits per heavy atom. The first-order chi connectivity index (χ1) is 7.74. The molecule has 0 spiro atoms. The minimum absolute atomic E-state index is 0.217. The molecule has 0 bridgehead atoms. The van der Waals surface area contributed by atoms with Crippen molar-refractivity contribution in [2.45, 2.75) is 57.9 Å². The molecule has 0 heterocycles. The summed E-state index contributed by atoms with van der Waals surface area (Å²) in [7, 11) is 0. The maximum atomic E-state index is 11.4. The van der Waals surface area contributed by atoms with Crippen LogP contribution in [-0.2, 0) is 9.59 Å². The molecule has 0 saturated heterocycles. The summed E-state index contributed by atoms with van der Waals surface area (Å²) in [6.07, 6.45) is 7.48. The lowest BCUT2D eigenvalue weighted by Gasteiger charge is -2.11. The highest BCUT2D eigenvalue weighted by Gasteiger charge is 2.20. The average molecular weight is 226 g/mol. The maximum absolute atomic E-state index is 11.4. The highest BCUT2D eigenvalue weighted by atomic mass is 16.2. The molecule has 0 aromatic heterocycles. The molecule has 4 nitrogen and oxygen atoms in total. The van der Waals surface area contributed by atoms with Crippen molar-refractivity contribution in [3.05, 3.63) is 0 Å². The molecule has 1 fully saturated rings. The van der Waals surface area contributed by atoms with Crippen molar-refractivity contribution in [1.29, 1.82) is 0 Å². The molecule has 2 N–H and O–H groups in total. The van der Waals surface area contributed by atoms with Gasteiger partial charge in [0, 0.05) is 12.6 Å². The third-order valence-corrected chi connectivity index (χ3v) is 2.96. The van der Waals surface area contributed by atoms with Crippen LogP contribution >= 0.6 is 0 Å². The number of carbonyl (C=O) groups excluding carboxylic acids is 2. The van der Waals surface area contributed by atoms with Gasteiger partial charge in [-0.25, -0.2) is 0 Å². The molecule has 0 aromatic carbocycles. The largest absolute Gasteiger partial charge is 0.348 e. The van der Waals surface area contributed by atoms with Gasteiger partial charge in [-0.05, 0) is 19.3 Å². The van der Waals surface area contributed by atoms with Gasteiger partial charge in [0.2, 0.25) is 0 Å². The van der Waals surface area contributed by atoms with E-state index in [1.165, 1.54) is 0 Å². The van der Waals surface area contributed by atoms with E-state index in [4.69, 9.17) is 0 Å². The van der Waals surface area contributed by atoms with E-state index in [1.807, 2.05) is 0 Å². The Balaban J connectivity index is 2.12. The molecule has 1 aliphatic carbocycles. The summed E-state index contributed by atoms with van der Waals surface area (Å²) < 4.78 is 0. The third-order valence-electron chi connectivity index (χ3n) is 2.96. The molecule has 2 amide bonds. The fourth-order valence-electron chi connectivity index (χ4n) is 1.98. The van der Waals surface area contributed by atoms with E-state index in [-0.39, 0.29) is 6.04 Å². The van der Waals surface area contributed by atoms with Crippen molar-refractivity contribution in [1.82, 2.24) is 10.6 Å². The highest BCUT2D eigenvalue weighted by Crippen LogP contribution is 2.17. The Morgan fingerprint density at radius 3 is 2.44 bits per heavy atom. The van der Waals surface area contributed by atoms with Gasteiger partial charge in [-0.2, -0.15) is 0 Å². The monoisotopic (exact) mass is 226 g/mol. The first kappa shape index (κ1) is 13.0. The third kappa shape index (κ3) is 4.64. The van der Waals surface area contributed by atoms with Crippen LogP contribution in [0.15, 0.2) is 0 Å². The fourth-order valence-corrected chi connectivity index (χ4v) is 1.98. The van der Waals surface area contributed by atoms with Gasteiger partial charge in [-0.3, -0.25) is 9.59 Å². The summed E-state index contributed by atoms with van der Waals surface area (Å²) in [4.78, 5) is 22.8. The van der Waals surface area contributed by atoms with Crippen LogP contribution in [0.1, 0.15) is 51.9 Å². The van der Waals surface area contributed by atoms with Crippen molar-refractivity contribution in [2.75, 3.05) is 6.54 Å². The zero-order valence-electron chi connectivity index (χ0n) is 10.1. The predicted octanol–water partition coefficient (Wildman–Crippen LogP) is 1.35. The van der Waals surface area contributed by atoms with Crippen LogP contribution in [0.5, 0.6) is 0 Å². The van der Waals surface area contributed by atoms with Gasteiger partial charge in [0.05, 0.1) is 0 Å². The molecular weight excluding hydrogens is 204 g/mol. The molecule has 92 valence electrons. The SMILES string of the molecule is CCCCCNC(=O)C(=O)NC1CCCC1. The Bertz CT molecular complexity index is 235. The Morgan fingerprint density at radius 2 is 1.81 bits per heavy atom. The van der Waals surface area contributed by atoms with E-state index in [1.54, 1.807) is 0 Å². The molecule has 0 aromatic rings. The van der Waals surface area contributed by atoms with E-state index < -0.39 is 11.8 Å². The molecule has 0 radical (unpaired) electrons. The van der Waals surface area contributed by atoms with E-state index in [9.17, 15) is 9.59 Å². The van der Waals surface area contributed by atoms with Gasteiger partial charge in [0.15, 0.2) is 0 Å². The molecule has 0 aliphatic heterocycles. The maximum Gasteiger partial charge on any atom is 0.309 e. The second-order valence-corrected chi connectivity index (χ2v) is 4.42. The number of nitrogens with one attached hydrogen (secondary N) is 2. The highest BCUT2D eigenvalue weighted by molar-refractivity contribution is 6.35. The average Bonchev–Trinajstić information content (AvgIpc) is 2.76. The molecule has 1 aliphatic rings. The Kier molecular flexibility index (Phi) is 5.90. The normalized spacial score (nSPS) is 16.1. The van der Waals surface area contributed by atoms with Gasteiger partial charge in [0.1, 0.15) is 0 Å². The Hall–Kier alpha value is -1.06. The number of carbonyl (C=O) groups is 2. The first-order valence-corrected chi connectivity index (χ1v) is 6.32. The Labute approximate surface area is 97.2 Å². The van der Waals surface area contributed by atoms with Crippen molar-refractivity contribution < 1.29 is 9.59 Å². The molecule has 0 atom stereocenters. The number of hydrogen-bond acceptors (Lipinski definition) is 2. The van der Waals surface area contributed by atoms with Gasteiger partial charge in [0.25, 0.3) is 0 Å². The van der Waals surface area contributed by atoms with Crippen LogP contribution in [0.25, 0.3) is 0 Å². The zero-order valence-corrected chi connectivity index (χ0v) is 10.1. The second-order valence-electron chi connectivity index (χ2n) is 4.42. The van der Waals surface area contributed by atoms with Crippen LogP contribution < -0.4 is 10.6 Å². The fraction of sp³-hybridized carbons (Fsp3) is 0.833. The van der Waals surface area contributed by atoms with E-state index in [0.29, 0.717) is 6.54 Å². The standard InChI is InChI=1S/C12H22N2O2/c1-2-3-6-9-13-11(15)12(16)14-10-7-4-5-8-10/h10H,2-9H2,1H3,(H,13,15)(H,14,16). The van der Waals surface area contributed by atoms with E-state index >= 15 is 0 Å². The van der Waals surface area contributed by atoms with Crippen molar-refractivity contribution in [3.63, 3.8) is 0 Å². The molecule has 1 rings (SSSR count). The zero-order chi connectivity index (χ0) is 11.8. The summed E-state index contributed by atoms with van der Waals surface area (Å²) >= 11 is 0. The summed E-state index contributed by atoms with van der Waals surface area (Å²) in [5, 5.41) is 5.41. The minimum atomic E-state index is -0.483. The number of unbranched alkanes of at least 4 members (excludes halogenated alkanes) is 2. The second kappa shape index (κ2) is 7.25. The number of amides is 2. The van der Waals surface area contributed by atoms with E-state index in [2.05, 4.69) is 17.6 Å². The van der Waals surface area contributed by atoms with Crippen molar-refractivity contribution in [3.8, 4) is 0 Å². The molecule has 1 saturated carbocycles. The quantitative estimate of drug-likeness (QED) is 0.549. The van der Waals surface area contributed by atoms with Crippen LogP contribution in [-0.4, -0.2) is 24.4 Å². The van der Waals surface area contributed by atoms with Gasteiger partial charge < -0.3 is 10.6 Å². The summed E-state index contributed by atoms with van der Waals surface area (Å²) in [5.74, 6) is -0.952. The van der Waals surface area contributed by atoms with Crippen molar-refractivity contribution >= 4 is 11.8 Å².